The fourth-order valence-electron chi connectivity index (χ4n) is 3.00. The summed E-state index contributed by atoms with van der Waals surface area (Å²) in [5.41, 5.74) is 0.446. The third-order valence-corrected chi connectivity index (χ3v) is 5.84. The van der Waals surface area contributed by atoms with E-state index in [4.69, 9.17) is 4.74 Å². The number of carbonyl (C=O) groups is 1. The lowest BCUT2D eigenvalue weighted by Crippen LogP contribution is -2.48. The molecule has 0 aliphatic heterocycles. The summed E-state index contributed by atoms with van der Waals surface area (Å²) in [6.45, 7) is 8.85. The van der Waals surface area contributed by atoms with E-state index in [0.29, 0.717) is 30.5 Å². The first-order valence-electron chi connectivity index (χ1n) is 9.74. The summed E-state index contributed by atoms with van der Waals surface area (Å²) in [5, 5.41) is 2.93. The first-order chi connectivity index (χ1) is 12.7. The fraction of sp³-hybridized carbons (Fsp3) is 0.650. The number of ether oxygens (including phenoxy) is 1. The minimum Gasteiger partial charge on any atom is -0.494 e. The smallest absolute Gasteiger partial charge is 0.243 e. The van der Waals surface area contributed by atoms with Gasteiger partial charge in [0.1, 0.15) is 11.8 Å². The molecule has 1 aromatic rings. The van der Waals surface area contributed by atoms with Gasteiger partial charge in [0.15, 0.2) is 0 Å². The summed E-state index contributed by atoms with van der Waals surface area (Å²) in [6, 6.07) is 5.90. The van der Waals surface area contributed by atoms with E-state index in [1.165, 1.54) is 0 Å². The largest absolute Gasteiger partial charge is 0.494 e. The Morgan fingerprint density at radius 3 is 2.30 bits per heavy atom. The minimum atomic E-state index is -3.61. The predicted molar refractivity (Wildman–Crippen MR) is 111 cm³/mol. The van der Waals surface area contributed by atoms with Gasteiger partial charge in [0.25, 0.3) is 0 Å². The number of benzene rings is 1. The van der Waals surface area contributed by atoms with E-state index in [1.54, 1.807) is 31.2 Å². The van der Waals surface area contributed by atoms with Gasteiger partial charge >= 0.3 is 0 Å². The molecule has 0 saturated heterocycles. The van der Waals surface area contributed by atoms with Crippen molar-refractivity contribution in [2.45, 2.75) is 59.4 Å². The molecule has 2 atom stereocenters. The Hall–Kier alpha value is -1.76. The highest BCUT2D eigenvalue weighted by Gasteiger charge is 2.29. The molecule has 0 aliphatic carbocycles. The van der Waals surface area contributed by atoms with E-state index in [9.17, 15) is 13.2 Å². The minimum absolute atomic E-state index is 0.288. The molecule has 0 bridgehead atoms. The standard InChI is InChI=1S/C20H34N2O4S/c1-6-9-10-17(7-2)15-21-20(23)16(4)22(27(5,24)25)18-11-13-19(14-12-18)26-8-3/h11-14,16-17H,6-10,15H2,1-5H3,(H,21,23)/t16-,17-/m1/s1. The third kappa shape index (κ3) is 7.40. The Balaban J connectivity index is 2.88. The molecule has 0 unspecified atom stereocenters. The number of amides is 1. The lowest BCUT2D eigenvalue weighted by molar-refractivity contribution is -0.122. The summed E-state index contributed by atoms with van der Waals surface area (Å²) >= 11 is 0. The molecule has 0 aromatic heterocycles. The van der Waals surface area contributed by atoms with Crippen LogP contribution in [-0.4, -0.2) is 39.8 Å². The first kappa shape index (κ1) is 23.3. The number of rotatable bonds is 12. The number of carbonyl (C=O) groups excluding carboxylic acids is 1. The summed E-state index contributed by atoms with van der Waals surface area (Å²) in [5.74, 6) is 0.788. The monoisotopic (exact) mass is 398 g/mol. The van der Waals surface area contributed by atoms with Gasteiger partial charge in [-0.2, -0.15) is 0 Å². The van der Waals surface area contributed by atoms with Crippen molar-refractivity contribution in [2.75, 3.05) is 23.7 Å². The maximum absolute atomic E-state index is 12.6. The van der Waals surface area contributed by atoms with Gasteiger partial charge in [-0.15, -0.1) is 0 Å². The van der Waals surface area contributed by atoms with Gasteiger partial charge in [-0.1, -0.05) is 33.1 Å². The van der Waals surface area contributed by atoms with E-state index >= 15 is 0 Å². The SMILES string of the molecule is CCCC[C@@H](CC)CNC(=O)[C@@H](C)N(c1ccc(OCC)cc1)S(C)(=O)=O. The van der Waals surface area contributed by atoms with Crippen molar-refractivity contribution < 1.29 is 17.9 Å². The van der Waals surface area contributed by atoms with Gasteiger partial charge in [-0.3, -0.25) is 9.10 Å². The summed E-state index contributed by atoms with van der Waals surface area (Å²) in [4.78, 5) is 12.6. The molecular weight excluding hydrogens is 364 g/mol. The number of hydrogen-bond acceptors (Lipinski definition) is 4. The summed E-state index contributed by atoms with van der Waals surface area (Å²) < 4.78 is 31.2. The van der Waals surface area contributed by atoms with Crippen LogP contribution in [0.25, 0.3) is 0 Å². The topological polar surface area (TPSA) is 75.7 Å². The van der Waals surface area contributed by atoms with Crippen molar-refractivity contribution in [1.82, 2.24) is 5.32 Å². The zero-order valence-electron chi connectivity index (χ0n) is 17.2. The molecule has 1 N–H and O–H groups in total. The van der Waals surface area contributed by atoms with Crippen molar-refractivity contribution in [1.29, 1.82) is 0 Å². The number of unbranched alkanes of at least 4 members (excludes halogenated alkanes) is 1. The second-order valence-corrected chi connectivity index (χ2v) is 8.68. The number of nitrogens with one attached hydrogen (secondary N) is 1. The molecule has 0 spiro atoms. The number of hydrogen-bond donors (Lipinski definition) is 1. The Kier molecular flexibility index (Phi) is 9.63. The van der Waals surface area contributed by atoms with Crippen molar-refractivity contribution in [3.63, 3.8) is 0 Å². The van der Waals surface area contributed by atoms with Gasteiger partial charge in [-0.25, -0.2) is 8.42 Å². The lowest BCUT2D eigenvalue weighted by Gasteiger charge is -2.29. The normalized spacial score (nSPS) is 13.7. The van der Waals surface area contributed by atoms with Gasteiger partial charge < -0.3 is 10.1 Å². The van der Waals surface area contributed by atoms with E-state index in [-0.39, 0.29) is 5.91 Å². The molecule has 6 nitrogen and oxygen atoms in total. The Bertz CT molecular complexity index is 674. The molecular formula is C20H34N2O4S. The van der Waals surface area contributed by atoms with Crippen LogP contribution in [0.5, 0.6) is 5.75 Å². The molecule has 154 valence electrons. The van der Waals surface area contributed by atoms with Gasteiger partial charge in [-0.05, 0) is 50.5 Å². The van der Waals surface area contributed by atoms with Crippen LogP contribution < -0.4 is 14.4 Å². The Labute approximate surface area is 164 Å². The van der Waals surface area contributed by atoms with Crippen LogP contribution in [-0.2, 0) is 14.8 Å². The van der Waals surface area contributed by atoms with Crippen molar-refractivity contribution >= 4 is 21.6 Å². The van der Waals surface area contributed by atoms with Gasteiger partial charge in [0, 0.05) is 6.54 Å². The fourth-order valence-corrected chi connectivity index (χ4v) is 4.18. The molecule has 1 rings (SSSR count). The molecule has 7 heteroatoms. The van der Waals surface area contributed by atoms with Crippen LogP contribution in [0.4, 0.5) is 5.69 Å². The average molecular weight is 399 g/mol. The molecule has 1 amide bonds. The highest BCUT2D eigenvalue weighted by molar-refractivity contribution is 7.92. The molecule has 0 aliphatic rings. The van der Waals surface area contributed by atoms with E-state index < -0.39 is 16.1 Å². The maximum atomic E-state index is 12.6. The van der Waals surface area contributed by atoms with Crippen LogP contribution in [0.1, 0.15) is 53.4 Å². The highest BCUT2D eigenvalue weighted by Crippen LogP contribution is 2.24. The molecule has 0 saturated carbocycles. The first-order valence-corrected chi connectivity index (χ1v) is 11.6. The van der Waals surface area contributed by atoms with Crippen molar-refractivity contribution in [3.8, 4) is 5.75 Å². The van der Waals surface area contributed by atoms with Gasteiger partial charge in [0.2, 0.25) is 15.9 Å². The summed E-state index contributed by atoms with van der Waals surface area (Å²) in [7, 11) is -3.61. The van der Waals surface area contributed by atoms with Crippen molar-refractivity contribution in [3.05, 3.63) is 24.3 Å². The molecule has 1 aromatic carbocycles. The number of anilines is 1. The van der Waals surface area contributed by atoms with Crippen LogP contribution in [0, 0.1) is 5.92 Å². The lowest BCUT2D eigenvalue weighted by atomic mass is 9.99. The highest BCUT2D eigenvalue weighted by atomic mass is 32.2. The molecule has 0 radical (unpaired) electrons. The van der Waals surface area contributed by atoms with E-state index in [1.807, 2.05) is 6.92 Å². The van der Waals surface area contributed by atoms with E-state index in [0.717, 1.165) is 36.2 Å². The van der Waals surface area contributed by atoms with Crippen molar-refractivity contribution in [2.24, 2.45) is 5.92 Å². The predicted octanol–water partition coefficient (Wildman–Crippen LogP) is 3.57. The van der Waals surface area contributed by atoms with Crippen LogP contribution in [0.2, 0.25) is 0 Å². The molecule has 0 heterocycles. The summed E-state index contributed by atoms with van der Waals surface area (Å²) in [6.07, 6.45) is 5.43. The Morgan fingerprint density at radius 2 is 1.81 bits per heavy atom. The second kappa shape index (κ2) is 11.2. The second-order valence-electron chi connectivity index (χ2n) is 6.82. The van der Waals surface area contributed by atoms with Crippen LogP contribution >= 0.6 is 0 Å². The van der Waals surface area contributed by atoms with Crippen LogP contribution in [0.15, 0.2) is 24.3 Å². The maximum Gasteiger partial charge on any atom is 0.243 e. The van der Waals surface area contributed by atoms with E-state index in [2.05, 4.69) is 19.2 Å². The quantitative estimate of drug-likeness (QED) is 0.584. The zero-order valence-corrected chi connectivity index (χ0v) is 18.0. The number of sulfonamides is 1. The average Bonchev–Trinajstić information content (AvgIpc) is 2.62. The van der Waals surface area contributed by atoms with Crippen LogP contribution in [0.3, 0.4) is 0 Å². The van der Waals surface area contributed by atoms with Gasteiger partial charge in [0.05, 0.1) is 18.6 Å². The molecule has 0 fully saturated rings. The molecule has 27 heavy (non-hydrogen) atoms. The third-order valence-electron chi connectivity index (χ3n) is 4.60. The zero-order chi connectivity index (χ0) is 20.4. The Morgan fingerprint density at radius 1 is 1.19 bits per heavy atom. The number of nitrogens with zero attached hydrogens (tertiary/aromatic N) is 1.